The number of aliphatic hydroxyl groups excluding tert-OH is 1. The Morgan fingerprint density at radius 2 is 1.79 bits per heavy atom. The van der Waals surface area contributed by atoms with Crippen molar-refractivity contribution in [2.45, 2.75) is 61.2 Å². The average Bonchev–Trinajstić information content (AvgIpc) is 2.46. The molecule has 0 radical (unpaired) electrons. The lowest BCUT2D eigenvalue weighted by Gasteiger charge is -2.16. The van der Waals surface area contributed by atoms with E-state index in [4.69, 9.17) is 11.6 Å². The Morgan fingerprint density at radius 3 is 2.42 bits per heavy atom. The predicted molar refractivity (Wildman–Crippen MR) is 81.9 cm³/mol. The maximum atomic E-state index is 12.1. The van der Waals surface area contributed by atoms with Gasteiger partial charge in [0.2, 0.25) is 0 Å². The van der Waals surface area contributed by atoms with E-state index in [0.717, 1.165) is 12.8 Å². The van der Waals surface area contributed by atoms with Gasteiger partial charge >= 0.3 is 0 Å². The third-order valence-electron chi connectivity index (χ3n) is 3.09. The van der Waals surface area contributed by atoms with Crippen molar-refractivity contribution in [1.29, 1.82) is 0 Å². The summed E-state index contributed by atoms with van der Waals surface area (Å²) in [6.45, 7) is 2.17. The van der Waals surface area contributed by atoms with Crippen molar-refractivity contribution in [2.24, 2.45) is 0 Å². The molecule has 2 nitrogen and oxygen atoms in total. The minimum atomic E-state index is -1.35. The number of unbranched alkanes of at least 4 members (excludes halogenated alkanes) is 4. The zero-order valence-electron chi connectivity index (χ0n) is 11.4. The van der Waals surface area contributed by atoms with Crippen molar-refractivity contribution >= 4 is 22.4 Å². The van der Waals surface area contributed by atoms with Crippen LogP contribution in [0, 0.1) is 0 Å². The zero-order chi connectivity index (χ0) is 14.1. The molecule has 108 valence electrons. The minimum Gasteiger partial charge on any atom is -0.391 e. The monoisotopic (exact) mass is 302 g/mol. The first-order valence-electron chi connectivity index (χ1n) is 6.94. The lowest BCUT2D eigenvalue weighted by atomic mass is 10.1. The van der Waals surface area contributed by atoms with Crippen LogP contribution in [0.5, 0.6) is 0 Å². The van der Waals surface area contributed by atoms with Crippen LogP contribution >= 0.6 is 11.6 Å². The summed E-state index contributed by atoms with van der Waals surface area (Å²) in [4.78, 5) is 0.674. The molecule has 1 aromatic rings. The summed E-state index contributed by atoms with van der Waals surface area (Å²) >= 11 is 6.11. The lowest BCUT2D eigenvalue weighted by molar-refractivity contribution is 0.174. The van der Waals surface area contributed by atoms with E-state index in [1.54, 1.807) is 12.1 Å². The Morgan fingerprint density at radius 1 is 1.16 bits per heavy atom. The molecule has 4 heteroatoms. The summed E-state index contributed by atoms with van der Waals surface area (Å²) in [5, 5.41) is 9.98. The molecular weight excluding hydrogens is 280 g/mol. The smallest absolute Gasteiger partial charge is 0.139 e. The molecule has 0 aliphatic carbocycles. The summed E-state index contributed by atoms with van der Waals surface area (Å²) < 4.78 is 11.4. The standard InChI is InChI=1S/C15H23ClO2S/c1-2-3-4-5-9-12-14(17)15(16)19(18)13-10-7-6-8-11-13/h6-8,10-11,14-15,17H,2-5,9,12H2,1H3. The van der Waals surface area contributed by atoms with Crippen LogP contribution in [-0.4, -0.2) is 20.1 Å². The summed E-state index contributed by atoms with van der Waals surface area (Å²) in [5.74, 6) is 0. The molecule has 0 aromatic heterocycles. The fourth-order valence-electron chi connectivity index (χ4n) is 1.92. The molecule has 0 spiro atoms. The fraction of sp³-hybridized carbons (Fsp3) is 0.600. The van der Waals surface area contributed by atoms with Gasteiger partial charge in [-0.1, -0.05) is 57.2 Å². The Balaban J connectivity index is 2.35. The third-order valence-corrected chi connectivity index (χ3v) is 5.32. The van der Waals surface area contributed by atoms with Gasteiger partial charge in [0.15, 0.2) is 0 Å². The fourth-order valence-corrected chi connectivity index (χ4v) is 3.46. The first kappa shape index (κ1) is 16.7. The SMILES string of the molecule is CCCCCCCC(O)C(Cl)S(=O)c1ccccc1. The third kappa shape index (κ3) is 6.07. The average molecular weight is 303 g/mol. The number of aliphatic hydroxyl groups is 1. The Bertz CT molecular complexity index is 370. The number of halogens is 1. The van der Waals surface area contributed by atoms with Gasteiger partial charge in [-0.05, 0) is 18.6 Å². The molecule has 3 unspecified atom stereocenters. The maximum absolute atomic E-state index is 12.1. The molecular formula is C15H23ClO2S. The van der Waals surface area contributed by atoms with Crippen molar-refractivity contribution in [3.63, 3.8) is 0 Å². The molecule has 3 atom stereocenters. The first-order chi connectivity index (χ1) is 9.16. The van der Waals surface area contributed by atoms with Crippen LogP contribution in [0.1, 0.15) is 45.4 Å². The number of hydrogen-bond donors (Lipinski definition) is 1. The van der Waals surface area contributed by atoms with Crippen molar-refractivity contribution in [2.75, 3.05) is 0 Å². The molecule has 0 saturated heterocycles. The molecule has 19 heavy (non-hydrogen) atoms. The van der Waals surface area contributed by atoms with Crippen LogP contribution in [0.3, 0.4) is 0 Å². The topological polar surface area (TPSA) is 37.3 Å². The van der Waals surface area contributed by atoms with Crippen LogP contribution in [-0.2, 0) is 10.8 Å². The molecule has 0 saturated carbocycles. The van der Waals surface area contributed by atoms with Crippen LogP contribution in [0.2, 0.25) is 0 Å². The number of benzene rings is 1. The Kier molecular flexibility index (Phi) is 8.35. The van der Waals surface area contributed by atoms with E-state index in [1.165, 1.54) is 19.3 Å². The molecule has 0 bridgehead atoms. The summed E-state index contributed by atoms with van der Waals surface area (Å²) in [5.41, 5.74) is 0. The van der Waals surface area contributed by atoms with Gasteiger partial charge in [0, 0.05) is 4.90 Å². The molecule has 0 aliphatic heterocycles. The van der Waals surface area contributed by atoms with Gasteiger partial charge in [-0.15, -0.1) is 11.6 Å². The Hall–Kier alpha value is -0.380. The molecule has 1 aromatic carbocycles. The van der Waals surface area contributed by atoms with Crippen LogP contribution in [0.4, 0.5) is 0 Å². The maximum Gasteiger partial charge on any atom is 0.139 e. The lowest BCUT2D eigenvalue weighted by Crippen LogP contribution is -2.25. The first-order valence-corrected chi connectivity index (χ1v) is 8.59. The highest BCUT2D eigenvalue weighted by Crippen LogP contribution is 2.20. The van der Waals surface area contributed by atoms with Crippen LogP contribution in [0.25, 0.3) is 0 Å². The second kappa shape index (κ2) is 9.51. The molecule has 1 N–H and O–H groups in total. The number of alkyl halides is 1. The van der Waals surface area contributed by atoms with Crippen molar-refractivity contribution in [3.8, 4) is 0 Å². The van der Waals surface area contributed by atoms with Gasteiger partial charge in [0.05, 0.1) is 16.9 Å². The quantitative estimate of drug-likeness (QED) is 0.551. The largest absolute Gasteiger partial charge is 0.391 e. The van der Waals surface area contributed by atoms with Gasteiger partial charge in [-0.3, -0.25) is 4.21 Å². The van der Waals surface area contributed by atoms with Crippen molar-refractivity contribution in [3.05, 3.63) is 30.3 Å². The molecule has 0 aliphatic rings. The summed E-state index contributed by atoms with van der Waals surface area (Å²) in [7, 11) is -1.35. The second-order valence-electron chi connectivity index (χ2n) is 4.73. The highest BCUT2D eigenvalue weighted by Gasteiger charge is 2.23. The molecule has 0 fully saturated rings. The highest BCUT2D eigenvalue weighted by atomic mass is 35.5. The van der Waals surface area contributed by atoms with Crippen LogP contribution in [0.15, 0.2) is 35.2 Å². The molecule has 0 amide bonds. The van der Waals surface area contributed by atoms with E-state index >= 15 is 0 Å². The van der Waals surface area contributed by atoms with E-state index in [9.17, 15) is 9.32 Å². The van der Waals surface area contributed by atoms with E-state index < -0.39 is 21.6 Å². The normalized spacial score (nSPS) is 15.9. The van der Waals surface area contributed by atoms with Crippen molar-refractivity contribution < 1.29 is 9.32 Å². The van der Waals surface area contributed by atoms with Gasteiger partial charge in [-0.2, -0.15) is 0 Å². The minimum absolute atomic E-state index is 0.621. The van der Waals surface area contributed by atoms with Gasteiger partial charge in [0.25, 0.3) is 0 Å². The number of hydrogen-bond acceptors (Lipinski definition) is 2. The van der Waals surface area contributed by atoms with Gasteiger partial charge in [-0.25, -0.2) is 0 Å². The van der Waals surface area contributed by atoms with E-state index in [1.807, 2.05) is 18.2 Å². The van der Waals surface area contributed by atoms with E-state index in [2.05, 4.69) is 6.92 Å². The Labute approximate surface area is 123 Å². The van der Waals surface area contributed by atoms with Gasteiger partial charge < -0.3 is 5.11 Å². The van der Waals surface area contributed by atoms with Crippen LogP contribution < -0.4 is 0 Å². The predicted octanol–water partition coefficient (Wildman–Crippen LogP) is 4.08. The summed E-state index contributed by atoms with van der Waals surface area (Å²) in [6, 6.07) is 9.08. The van der Waals surface area contributed by atoms with E-state index in [-0.39, 0.29) is 0 Å². The highest BCUT2D eigenvalue weighted by molar-refractivity contribution is 7.87. The molecule has 0 heterocycles. The summed E-state index contributed by atoms with van der Waals surface area (Å²) in [6.07, 6.45) is 5.59. The second-order valence-corrected chi connectivity index (χ2v) is 7.03. The number of rotatable bonds is 9. The van der Waals surface area contributed by atoms with Gasteiger partial charge in [0.1, 0.15) is 4.71 Å². The van der Waals surface area contributed by atoms with E-state index in [0.29, 0.717) is 11.3 Å². The molecule has 1 rings (SSSR count). The van der Waals surface area contributed by atoms with Crippen molar-refractivity contribution in [1.82, 2.24) is 0 Å². The zero-order valence-corrected chi connectivity index (χ0v) is 13.0.